The molecule has 0 aromatic heterocycles. The Balaban J connectivity index is 1.92. The van der Waals surface area contributed by atoms with Crippen LogP contribution in [0.4, 0.5) is 0 Å². The van der Waals surface area contributed by atoms with E-state index >= 15 is 0 Å². The van der Waals surface area contributed by atoms with Gasteiger partial charge in [0, 0.05) is 0 Å². The van der Waals surface area contributed by atoms with Crippen LogP contribution in [0.25, 0.3) is 0 Å². The van der Waals surface area contributed by atoms with Crippen molar-refractivity contribution in [3.8, 4) is 0 Å². The molecule has 0 heterocycles. The molecule has 0 N–H and O–H groups in total. The second-order valence-electron chi connectivity index (χ2n) is 6.33. The first-order valence-electron chi connectivity index (χ1n) is 6.26. The lowest BCUT2D eigenvalue weighted by molar-refractivity contribution is -0.159. The van der Waals surface area contributed by atoms with Gasteiger partial charge in [-0.15, -0.1) is 0 Å². The third-order valence-corrected chi connectivity index (χ3v) is 4.09. The summed E-state index contributed by atoms with van der Waals surface area (Å²) in [6.07, 6.45) is 6.59. The first kappa shape index (κ1) is 11.7. The van der Waals surface area contributed by atoms with Gasteiger partial charge in [0.2, 0.25) is 0 Å². The average molecular weight is 222 g/mol. The molecular weight excluding hydrogens is 200 g/mol. The fourth-order valence-electron chi connectivity index (χ4n) is 2.49. The Morgan fingerprint density at radius 1 is 1.31 bits per heavy atom. The molecule has 0 amide bonds. The monoisotopic (exact) mass is 222 g/mol. The molecule has 0 radical (unpaired) electrons. The van der Waals surface area contributed by atoms with E-state index < -0.39 is 0 Å². The van der Waals surface area contributed by atoms with E-state index in [9.17, 15) is 4.79 Å². The molecule has 0 aromatic carbocycles. The molecule has 2 aliphatic rings. The number of fused-ring (bicyclic) bond motifs is 2. The predicted octanol–water partition coefficient (Wildman–Crippen LogP) is 3.18. The van der Waals surface area contributed by atoms with Crippen molar-refractivity contribution in [1.82, 2.24) is 0 Å². The smallest absolute Gasteiger partial charge is 0.309 e. The lowest BCUT2D eigenvalue weighted by Crippen LogP contribution is -2.32. The first-order chi connectivity index (χ1) is 7.38. The first-order valence-corrected chi connectivity index (χ1v) is 6.26. The van der Waals surface area contributed by atoms with E-state index in [0.29, 0.717) is 11.8 Å². The van der Waals surface area contributed by atoms with Gasteiger partial charge in [-0.3, -0.25) is 4.79 Å². The summed E-state index contributed by atoms with van der Waals surface area (Å²) >= 11 is 0. The van der Waals surface area contributed by atoms with Crippen LogP contribution < -0.4 is 0 Å². The van der Waals surface area contributed by atoms with Gasteiger partial charge in [-0.1, -0.05) is 32.9 Å². The van der Waals surface area contributed by atoms with Crippen LogP contribution in [-0.2, 0) is 9.53 Å². The quantitative estimate of drug-likeness (QED) is 0.530. The van der Waals surface area contributed by atoms with Crippen molar-refractivity contribution in [2.24, 2.45) is 23.2 Å². The van der Waals surface area contributed by atoms with Crippen molar-refractivity contribution < 1.29 is 9.53 Å². The molecule has 90 valence electrons. The standard InChI is InChI=1S/C14H22O2/c1-9(14(2,3)4)16-13(15)12-8-10-5-6-11(12)7-10/h5-6,9-12H,7-8H2,1-4H3/t9-,10+,11-,12+/m0/s1. The van der Waals surface area contributed by atoms with Crippen molar-refractivity contribution in [2.75, 3.05) is 0 Å². The number of esters is 1. The molecule has 1 saturated carbocycles. The molecule has 0 aliphatic heterocycles. The van der Waals surface area contributed by atoms with Gasteiger partial charge in [-0.2, -0.15) is 0 Å². The molecule has 1 fully saturated rings. The summed E-state index contributed by atoms with van der Waals surface area (Å²) in [6.45, 7) is 8.30. The zero-order valence-electron chi connectivity index (χ0n) is 10.7. The molecular formula is C14H22O2. The fraction of sp³-hybridized carbons (Fsp3) is 0.786. The van der Waals surface area contributed by atoms with Crippen LogP contribution in [0.3, 0.4) is 0 Å². The summed E-state index contributed by atoms with van der Waals surface area (Å²) in [5.41, 5.74) is 0.0309. The maximum absolute atomic E-state index is 12.0. The molecule has 2 bridgehead atoms. The van der Waals surface area contributed by atoms with Crippen molar-refractivity contribution in [3.05, 3.63) is 12.2 Å². The van der Waals surface area contributed by atoms with Crippen LogP contribution in [0.15, 0.2) is 12.2 Å². The van der Waals surface area contributed by atoms with Crippen LogP contribution in [0.1, 0.15) is 40.5 Å². The molecule has 2 aliphatic carbocycles. The molecule has 4 atom stereocenters. The Bertz CT molecular complexity index is 311. The number of hydrogen-bond donors (Lipinski definition) is 0. The zero-order valence-corrected chi connectivity index (χ0v) is 10.7. The third kappa shape index (κ3) is 2.16. The van der Waals surface area contributed by atoms with Gasteiger partial charge >= 0.3 is 5.97 Å². The summed E-state index contributed by atoms with van der Waals surface area (Å²) in [5.74, 6) is 1.22. The second-order valence-corrected chi connectivity index (χ2v) is 6.33. The summed E-state index contributed by atoms with van der Waals surface area (Å²) in [6, 6.07) is 0. The highest BCUT2D eigenvalue weighted by atomic mass is 16.5. The summed E-state index contributed by atoms with van der Waals surface area (Å²) in [4.78, 5) is 12.0. The Morgan fingerprint density at radius 2 is 2.00 bits per heavy atom. The highest BCUT2D eigenvalue weighted by Crippen LogP contribution is 2.44. The lowest BCUT2D eigenvalue weighted by atomic mass is 9.89. The lowest BCUT2D eigenvalue weighted by Gasteiger charge is -2.29. The molecule has 16 heavy (non-hydrogen) atoms. The minimum Gasteiger partial charge on any atom is -0.462 e. The molecule has 0 aromatic rings. The molecule has 0 spiro atoms. The maximum atomic E-state index is 12.0. The molecule has 2 nitrogen and oxygen atoms in total. The van der Waals surface area contributed by atoms with Crippen LogP contribution in [0, 0.1) is 23.2 Å². The summed E-state index contributed by atoms with van der Waals surface area (Å²) in [5, 5.41) is 0. The summed E-state index contributed by atoms with van der Waals surface area (Å²) < 4.78 is 5.58. The number of carbonyl (C=O) groups excluding carboxylic acids is 1. The number of ether oxygens (including phenoxy) is 1. The molecule has 2 rings (SSSR count). The second kappa shape index (κ2) is 3.90. The number of hydrogen-bond acceptors (Lipinski definition) is 2. The van der Waals surface area contributed by atoms with Crippen molar-refractivity contribution in [2.45, 2.75) is 46.6 Å². The van der Waals surface area contributed by atoms with Crippen LogP contribution in [-0.4, -0.2) is 12.1 Å². The normalized spacial score (nSPS) is 34.1. The Morgan fingerprint density at radius 3 is 2.44 bits per heavy atom. The van der Waals surface area contributed by atoms with Crippen LogP contribution in [0.2, 0.25) is 0 Å². The highest BCUT2D eigenvalue weighted by Gasteiger charge is 2.41. The van der Waals surface area contributed by atoms with Crippen molar-refractivity contribution in [1.29, 1.82) is 0 Å². The SMILES string of the molecule is C[C@H](OC(=O)[C@@H]1C[C@@H]2C=C[C@H]1C2)C(C)(C)C. The van der Waals surface area contributed by atoms with E-state index in [-0.39, 0.29) is 23.4 Å². The number of allylic oxidation sites excluding steroid dienone is 2. The molecule has 0 saturated heterocycles. The maximum Gasteiger partial charge on any atom is 0.309 e. The van der Waals surface area contributed by atoms with Gasteiger partial charge in [0.25, 0.3) is 0 Å². The van der Waals surface area contributed by atoms with Crippen LogP contribution >= 0.6 is 0 Å². The van der Waals surface area contributed by atoms with Gasteiger partial charge in [0.15, 0.2) is 0 Å². The van der Waals surface area contributed by atoms with Gasteiger partial charge in [0.05, 0.1) is 5.92 Å². The van der Waals surface area contributed by atoms with E-state index in [2.05, 4.69) is 32.9 Å². The third-order valence-electron chi connectivity index (χ3n) is 4.09. The zero-order chi connectivity index (χ0) is 11.9. The van der Waals surface area contributed by atoms with E-state index in [4.69, 9.17) is 4.74 Å². The predicted molar refractivity (Wildman–Crippen MR) is 63.9 cm³/mol. The average Bonchev–Trinajstić information content (AvgIpc) is 2.76. The van der Waals surface area contributed by atoms with Gasteiger partial charge in [-0.25, -0.2) is 0 Å². The number of rotatable bonds is 2. The van der Waals surface area contributed by atoms with Gasteiger partial charge < -0.3 is 4.74 Å². The number of carbonyl (C=O) groups is 1. The van der Waals surface area contributed by atoms with E-state index in [1.165, 1.54) is 0 Å². The Labute approximate surface area is 98.1 Å². The topological polar surface area (TPSA) is 26.3 Å². The largest absolute Gasteiger partial charge is 0.462 e. The van der Waals surface area contributed by atoms with E-state index in [0.717, 1.165) is 12.8 Å². The van der Waals surface area contributed by atoms with Crippen molar-refractivity contribution in [3.63, 3.8) is 0 Å². The van der Waals surface area contributed by atoms with Gasteiger partial charge in [-0.05, 0) is 37.0 Å². The molecule has 2 heteroatoms. The van der Waals surface area contributed by atoms with E-state index in [1.807, 2.05) is 6.92 Å². The fourth-order valence-corrected chi connectivity index (χ4v) is 2.49. The minimum absolute atomic E-state index is 0.0110. The minimum atomic E-state index is -0.0110. The molecule has 0 unspecified atom stereocenters. The Hall–Kier alpha value is -0.790. The highest BCUT2D eigenvalue weighted by molar-refractivity contribution is 5.74. The van der Waals surface area contributed by atoms with Crippen LogP contribution in [0.5, 0.6) is 0 Å². The van der Waals surface area contributed by atoms with Gasteiger partial charge in [0.1, 0.15) is 6.10 Å². The Kier molecular flexibility index (Phi) is 2.85. The summed E-state index contributed by atoms with van der Waals surface area (Å²) in [7, 11) is 0. The van der Waals surface area contributed by atoms with Crippen molar-refractivity contribution >= 4 is 5.97 Å². The van der Waals surface area contributed by atoms with E-state index in [1.54, 1.807) is 0 Å².